The smallest absolute Gasteiger partial charge is 0.254 e. The number of phenols is 1. The van der Waals surface area contributed by atoms with Crippen LogP contribution in [0, 0.1) is 0 Å². The molecule has 1 aliphatic rings. The zero-order valence-corrected chi connectivity index (χ0v) is 11.5. The van der Waals surface area contributed by atoms with Gasteiger partial charge in [0.2, 0.25) is 0 Å². The van der Waals surface area contributed by atoms with E-state index in [0.717, 1.165) is 13.1 Å². The van der Waals surface area contributed by atoms with Crippen molar-refractivity contribution in [1.82, 2.24) is 10.2 Å². The third-order valence-corrected chi connectivity index (χ3v) is 3.49. The molecule has 2 atom stereocenters. The predicted octanol–water partition coefficient (Wildman–Crippen LogP) is 1.22. The van der Waals surface area contributed by atoms with E-state index in [1.54, 1.807) is 12.1 Å². The van der Waals surface area contributed by atoms with E-state index in [0.29, 0.717) is 11.3 Å². The summed E-state index contributed by atoms with van der Waals surface area (Å²) in [4.78, 5) is 14.4. The van der Waals surface area contributed by atoms with Crippen LogP contribution in [0.5, 0.6) is 11.5 Å². The molecule has 5 heteroatoms. The first kappa shape index (κ1) is 13.7. The van der Waals surface area contributed by atoms with E-state index >= 15 is 0 Å². The van der Waals surface area contributed by atoms with Crippen molar-refractivity contribution in [2.75, 3.05) is 20.2 Å². The summed E-state index contributed by atoms with van der Waals surface area (Å²) < 4.78 is 4.98. The lowest BCUT2D eigenvalue weighted by Crippen LogP contribution is -2.57. The molecule has 0 radical (unpaired) electrons. The van der Waals surface area contributed by atoms with E-state index in [1.165, 1.54) is 13.2 Å². The van der Waals surface area contributed by atoms with Gasteiger partial charge >= 0.3 is 0 Å². The van der Waals surface area contributed by atoms with Crippen LogP contribution in [0.4, 0.5) is 0 Å². The van der Waals surface area contributed by atoms with Crippen LogP contribution in [0.25, 0.3) is 0 Å². The molecule has 1 aliphatic heterocycles. The Morgan fingerprint density at radius 3 is 2.53 bits per heavy atom. The van der Waals surface area contributed by atoms with Gasteiger partial charge < -0.3 is 20.1 Å². The number of phenolic OH excluding ortho intramolecular Hbond substituents is 1. The summed E-state index contributed by atoms with van der Waals surface area (Å²) in [5.41, 5.74) is 0.485. The number of amides is 1. The second-order valence-electron chi connectivity index (χ2n) is 4.96. The zero-order valence-electron chi connectivity index (χ0n) is 11.5. The molecule has 0 saturated carbocycles. The largest absolute Gasteiger partial charge is 0.504 e. The molecule has 2 unspecified atom stereocenters. The molecule has 1 aromatic rings. The first-order valence-corrected chi connectivity index (χ1v) is 6.45. The summed E-state index contributed by atoms with van der Waals surface area (Å²) in [6.07, 6.45) is 0. The number of rotatable bonds is 2. The first-order valence-electron chi connectivity index (χ1n) is 6.45. The highest BCUT2D eigenvalue weighted by atomic mass is 16.5. The van der Waals surface area contributed by atoms with Crippen LogP contribution in [0.15, 0.2) is 18.2 Å². The van der Waals surface area contributed by atoms with Gasteiger partial charge in [-0.3, -0.25) is 4.79 Å². The maximum atomic E-state index is 12.5. The van der Waals surface area contributed by atoms with Crippen molar-refractivity contribution in [3.05, 3.63) is 23.8 Å². The van der Waals surface area contributed by atoms with Gasteiger partial charge in [-0.05, 0) is 32.0 Å². The molecule has 0 spiro atoms. The molecule has 104 valence electrons. The standard InChI is InChI=1S/C14H20N2O3/c1-9-7-15-8-10(2)16(9)14(18)11-4-5-13(19-3)12(17)6-11/h4-6,9-10,15,17H,7-8H2,1-3H3. The van der Waals surface area contributed by atoms with Crippen LogP contribution in [0.2, 0.25) is 0 Å². The number of ether oxygens (including phenoxy) is 1. The maximum absolute atomic E-state index is 12.5. The van der Waals surface area contributed by atoms with E-state index in [4.69, 9.17) is 4.74 Å². The zero-order chi connectivity index (χ0) is 14.0. The van der Waals surface area contributed by atoms with Crippen LogP contribution >= 0.6 is 0 Å². The Bertz CT molecular complexity index is 466. The number of hydrogen-bond acceptors (Lipinski definition) is 4. The molecule has 2 rings (SSSR count). The number of methoxy groups -OCH3 is 1. The van der Waals surface area contributed by atoms with Crippen LogP contribution in [-0.4, -0.2) is 48.2 Å². The summed E-state index contributed by atoms with van der Waals surface area (Å²) >= 11 is 0. The molecule has 1 amide bonds. The van der Waals surface area contributed by atoms with Crippen molar-refractivity contribution in [3.63, 3.8) is 0 Å². The summed E-state index contributed by atoms with van der Waals surface area (Å²) in [7, 11) is 1.48. The predicted molar refractivity (Wildman–Crippen MR) is 72.6 cm³/mol. The van der Waals surface area contributed by atoms with Crippen molar-refractivity contribution >= 4 is 5.91 Å². The Labute approximate surface area is 113 Å². The van der Waals surface area contributed by atoms with Gasteiger partial charge in [-0.15, -0.1) is 0 Å². The molecule has 0 aromatic heterocycles. The molecule has 5 nitrogen and oxygen atoms in total. The van der Waals surface area contributed by atoms with E-state index in [2.05, 4.69) is 5.32 Å². The summed E-state index contributed by atoms with van der Waals surface area (Å²) in [5, 5.41) is 13.0. The Hall–Kier alpha value is -1.75. The van der Waals surface area contributed by atoms with Gasteiger partial charge in [0, 0.05) is 30.7 Å². The number of carbonyl (C=O) groups is 1. The average Bonchev–Trinajstić information content (AvgIpc) is 2.38. The second kappa shape index (κ2) is 5.48. The first-order chi connectivity index (χ1) is 9.04. The maximum Gasteiger partial charge on any atom is 0.254 e. The number of aromatic hydroxyl groups is 1. The fourth-order valence-electron chi connectivity index (χ4n) is 2.50. The number of hydrogen-bond donors (Lipinski definition) is 2. The van der Waals surface area contributed by atoms with Gasteiger partial charge in [0.1, 0.15) is 0 Å². The Kier molecular flexibility index (Phi) is 3.95. The lowest BCUT2D eigenvalue weighted by Gasteiger charge is -2.39. The molecule has 0 bridgehead atoms. The van der Waals surface area contributed by atoms with Crippen LogP contribution in [0.3, 0.4) is 0 Å². The van der Waals surface area contributed by atoms with E-state index in [9.17, 15) is 9.90 Å². The van der Waals surface area contributed by atoms with Gasteiger partial charge in [-0.1, -0.05) is 0 Å². The quantitative estimate of drug-likeness (QED) is 0.843. The van der Waals surface area contributed by atoms with Crippen LogP contribution < -0.4 is 10.1 Å². The van der Waals surface area contributed by atoms with Crippen molar-refractivity contribution in [3.8, 4) is 11.5 Å². The highest BCUT2D eigenvalue weighted by Gasteiger charge is 2.29. The molecule has 2 N–H and O–H groups in total. The number of nitrogens with zero attached hydrogens (tertiary/aromatic N) is 1. The topological polar surface area (TPSA) is 61.8 Å². The van der Waals surface area contributed by atoms with Crippen molar-refractivity contribution in [2.45, 2.75) is 25.9 Å². The van der Waals surface area contributed by atoms with Gasteiger partial charge in [0.05, 0.1) is 7.11 Å². The SMILES string of the molecule is COc1ccc(C(=O)N2C(C)CNCC2C)cc1O. The molecule has 1 fully saturated rings. The van der Waals surface area contributed by atoms with Crippen molar-refractivity contribution in [2.24, 2.45) is 0 Å². The van der Waals surface area contributed by atoms with E-state index in [-0.39, 0.29) is 23.7 Å². The minimum Gasteiger partial charge on any atom is -0.504 e. The molecular formula is C14H20N2O3. The normalized spacial score (nSPS) is 23.2. The monoisotopic (exact) mass is 264 g/mol. The number of carbonyl (C=O) groups excluding carboxylic acids is 1. The average molecular weight is 264 g/mol. The lowest BCUT2D eigenvalue weighted by molar-refractivity contribution is 0.0544. The fourth-order valence-corrected chi connectivity index (χ4v) is 2.50. The molecule has 1 heterocycles. The van der Waals surface area contributed by atoms with Gasteiger partial charge in [-0.25, -0.2) is 0 Å². The highest BCUT2D eigenvalue weighted by Crippen LogP contribution is 2.27. The van der Waals surface area contributed by atoms with Gasteiger partial charge in [0.25, 0.3) is 5.91 Å². The number of piperazine rings is 1. The van der Waals surface area contributed by atoms with Crippen molar-refractivity contribution in [1.29, 1.82) is 0 Å². The highest BCUT2D eigenvalue weighted by molar-refractivity contribution is 5.95. The Morgan fingerprint density at radius 1 is 1.37 bits per heavy atom. The number of nitrogens with one attached hydrogen (secondary N) is 1. The third kappa shape index (κ3) is 2.66. The second-order valence-corrected chi connectivity index (χ2v) is 4.96. The molecular weight excluding hydrogens is 244 g/mol. The van der Waals surface area contributed by atoms with E-state index in [1.807, 2.05) is 18.7 Å². The minimum atomic E-state index is -0.0561. The molecule has 19 heavy (non-hydrogen) atoms. The summed E-state index contributed by atoms with van der Waals surface area (Å²) in [5.74, 6) is 0.307. The van der Waals surface area contributed by atoms with Gasteiger partial charge in [-0.2, -0.15) is 0 Å². The third-order valence-electron chi connectivity index (χ3n) is 3.49. The summed E-state index contributed by atoms with van der Waals surface area (Å²) in [6, 6.07) is 5.03. The molecule has 1 aromatic carbocycles. The van der Waals surface area contributed by atoms with Crippen LogP contribution in [-0.2, 0) is 0 Å². The Balaban J connectivity index is 2.25. The van der Waals surface area contributed by atoms with Crippen molar-refractivity contribution < 1.29 is 14.6 Å². The fraction of sp³-hybridized carbons (Fsp3) is 0.500. The Morgan fingerprint density at radius 2 is 2.00 bits per heavy atom. The minimum absolute atomic E-state index is 0.0104. The van der Waals surface area contributed by atoms with Gasteiger partial charge in [0.15, 0.2) is 11.5 Å². The van der Waals surface area contributed by atoms with Crippen LogP contribution in [0.1, 0.15) is 24.2 Å². The molecule has 0 aliphatic carbocycles. The van der Waals surface area contributed by atoms with E-state index < -0.39 is 0 Å². The molecule has 1 saturated heterocycles. The lowest BCUT2D eigenvalue weighted by atomic mass is 10.1. The summed E-state index contributed by atoms with van der Waals surface area (Å²) in [6.45, 7) is 5.62. The number of benzene rings is 1.